The van der Waals surface area contributed by atoms with E-state index in [9.17, 15) is 9.35 Å². The van der Waals surface area contributed by atoms with E-state index in [4.69, 9.17) is 16.3 Å². The highest BCUT2D eigenvalue weighted by Gasteiger charge is 2.27. The van der Waals surface area contributed by atoms with E-state index < -0.39 is 27.8 Å². The Morgan fingerprint density at radius 2 is 1.88 bits per heavy atom. The van der Waals surface area contributed by atoms with Crippen molar-refractivity contribution in [3.05, 3.63) is 29.0 Å². The average Bonchev–Trinajstić information content (AvgIpc) is 2.81. The van der Waals surface area contributed by atoms with Gasteiger partial charge in [-0.25, -0.2) is 14.3 Å². The number of nitrogens with zero attached hydrogens (tertiary/aromatic N) is 3. The molecular formula is C18H24ClN3O3S. The Morgan fingerprint density at radius 3 is 2.42 bits per heavy atom. The van der Waals surface area contributed by atoms with Crippen LogP contribution in [0, 0.1) is 0 Å². The van der Waals surface area contributed by atoms with Crippen LogP contribution in [0.5, 0.6) is 0 Å². The summed E-state index contributed by atoms with van der Waals surface area (Å²) in [5.41, 5.74) is 1.48. The molecule has 0 amide bonds. The van der Waals surface area contributed by atoms with Crippen LogP contribution in [0.25, 0.3) is 11.0 Å². The fraction of sp³-hybridized carbons (Fsp3) is 0.500. The molecule has 0 aliphatic carbocycles. The van der Waals surface area contributed by atoms with Crippen LogP contribution in [-0.4, -0.2) is 36.3 Å². The predicted octanol–water partition coefficient (Wildman–Crippen LogP) is 4.74. The molecule has 0 fully saturated rings. The molecule has 0 bridgehead atoms. The molecule has 8 heteroatoms. The fourth-order valence-corrected chi connectivity index (χ4v) is 2.89. The third-order valence-corrected chi connectivity index (χ3v) is 5.07. The molecule has 0 N–H and O–H groups in total. The largest absolute Gasteiger partial charge is 0.591 e. The molecule has 1 unspecified atom stereocenters. The highest BCUT2D eigenvalue weighted by atomic mass is 35.5. The lowest BCUT2D eigenvalue weighted by Crippen LogP contribution is -2.27. The van der Waals surface area contributed by atoms with Gasteiger partial charge in [0.15, 0.2) is 0 Å². The molecule has 0 aliphatic heterocycles. The van der Waals surface area contributed by atoms with E-state index >= 15 is 0 Å². The molecule has 0 radical (unpaired) electrons. The van der Waals surface area contributed by atoms with Gasteiger partial charge >= 0.3 is 6.09 Å². The van der Waals surface area contributed by atoms with Crippen molar-refractivity contribution >= 4 is 45.8 Å². The molecule has 0 saturated heterocycles. The van der Waals surface area contributed by atoms with Gasteiger partial charge in [0.05, 0.1) is 16.2 Å². The van der Waals surface area contributed by atoms with E-state index in [1.165, 1.54) is 10.8 Å². The molecule has 26 heavy (non-hydrogen) atoms. The maximum absolute atomic E-state index is 12.4. The highest BCUT2D eigenvalue weighted by molar-refractivity contribution is 7.91. The standard InChI is InChI=1S/C18H24ClN3O3S/c1-11(21-26(24)18(5,6)7)13-8-9-14-15(20-13)12(19)10-22(14)16(23)25-17(2,3)4/h8-10H,1-7H3/b21-11-. The number of halogens is 1. The average molecular weight is 398 g/mol. The van der Waals surface area contributed by atoms with E-state index in [0.29, 0.717) is 27.5 Å². The number of hydrogen-bond donors (Lipinski definition) is 0. The predicted molar refractivity (Wildman–Crippen MR) is 106 cm³/mol. The Bertz CT molecular complexity index is 863. The monoisotopic (exact) mass is 397 g/mol. The van der Waals surface area contributed by atoms with Crippen molar-refractivity contribution in [2.24, 2.45) is 4.40 Å². The number of carbonyl (C=O) groups is 1. The van der Waals surface area contributed by atoms with Crippen molar-refractivity contribution in [3.63, 3.8) is 0 Å². The maximum Gasteiger partial charge on any atom is 0.419 e. The second kappa shape index (κ2) is 7.21. The normalized spacial score (nSPS) is 14.6. The Morgan fingerprint density at radius 1 is 1.27 bits per heavy atom. The van der Waals surface area contributed by atoms with Crippen molar-refractivity contribution in [3.8, 4) is 0 Å². The minimum absolute atomic E-state index is 0.331. The molecule has 0 spiro atoms. The first kappa shape index (κ1) is 20.7. The van der Waals surface area contributed by atoms with Crippen LogP contribution >= 0.6 is 11.6 Å². The van der Waals surface area contributed by atoms with Gasteiger partial charge in [0.25, 0.3) is 0 Å². The Hall–Kier alpha value is -1.57. The van der Waals surface area contributed by atoms with E-state index in [1.807, 2.05) is 20.8 Å². The van der Waals surface area contributed by atoms with Crippen LogP contribution in [0.3, 0.4) is 0 Å². The van der Waals surface area contributed by atoms with E-state index in [1.54, 1.807) is 39.8 Å². The van der Waals surface area contributed by atoms with Crippen molar-refractivity contribution in [1.29, 1.82) is 0 Å². The Labute approximate surface area is 161 Å². The number of hydrogen-bond acceptors (Lipinski definition) is 5. The van der Waals surface area contributed by atoms with Crippen molar-refractivity contribution < 1.29 is 14.1 Å². The maximum atomic E-state index is 12.4. The molecule has 6 nitrogen and oxygen atoms in total. The van der Waals surface area contributed by atoms with Gasteiger partial charge in [0.2, 0.25) is 0 Å². The van der Waals surface area contributed by atoms with Crippen LogP contribution in [-0.2, 0) is 16.1 Å². The van der Waals surface area contributed by atoms with Crippen LogP contribution < -0.4 is 0 Å². The summed E-state index contributed by atoms with van der Waals surface area (Å²) in [6.45, 7) is 12.7. The molecule has 142 valence electrons. The molecule has 2 aromatic heterocycles. The SMILES string of the molecule is C/C(=N/[S+]([O-])C(C)(C)C)c1ccc2c(n1)c(Cl)cn2C(=O)OC(C)(C)C. The lowest BCUT2D eigenvalue weighted by atomic mass is 10.2. The summed E-state index contributed by atoms with van der Waals surface area (Å²) in [6.07, 6.45) is 0.958. The van der Waals surface area contributed by atoms with E-state index in [0.717, 1.165) is 0 Å². The second-order valence-corrected chi connectivity index (χ2v) is 10.2. The molecule has 0 aromatic carbocycles. The summed E-state index contributed by atoms with van der Waals surface area (Å²) < 4.78 is 22.7. The van der Waals surface area contributed by atoms with E-state index in [-0.39, 0.29) is 0 Å². The number of aromatic nitrogens is 2. The number of rotatable bonds is 2. The number of fused-ring (bicyclic) bond motifs is 1. The van der Waals surface area contributed by atoms with Crippen LogP contribution in [0.2, 0.25) is 5.02 Å². The van der Waals surface area contributed by atoms with Crippen molar-refractivity contribution in [2.45, 2.75) is 58.8 Å². The quantitative estimate of drug-likeness (QED) is 0.541. The van der Waals surface area contributed by atoms with Crippen molar-refractivity contribution in [2.75, 3.05) is 0 Å². The Balaban J connectivity index is 2.43. The number of pyridine rings is 1. The van der Waals surface area contributed by atoms with Gasteiger partial charge in [-0.2, -0.15) is 0 Å². The zero-order valence-electron chi connectivity index (χ0n) is 16.1. The zero-order chi connectivity index (χ0) is 19.9. The number of carbonyl (C=O) groups excluding carboxylic acids is 1. The summed E-state index contributed by atoms with van der Waals surface area (Å²) in [7, 11) is 0. The first-order chi connectivity index (χ1) is 11.8. The zero-order valence-corrected chi connectivity index (χ0v) is 17.7. The third kappa shape index (κ3) is 4.78. The van der Waals surface area contributed by atoms with Crippen LogP contribution in [0.15, 0.2) is 22.7 Å². The van der Waals surface area contributed by atoms with Gasteiger partial charge in [-0.05, 0) is 60.6 Å². The van der Waals surface area contributed by atoms with Crippen LogP contribution in [0.4, 0.5) is 4.79 Å². The lowest BCUT2D eigenvalue weighted by Gasteiger charge is -2.19. The van der Waals surface area contributed by atoms with Gasteiger partial charge in [0.1, 0.15) is 32.9 Å². The smallest absolute Gasteiger partial charge is 0.419 e. The van der Waals surface area contributed by atoms with Crippen LogP contribution in [0.1, 0.15) is 54.2 Å². The molecule has 2 aromatic rings. The highest BCUT2D eigenvalue weighted by Crippen LogP contribution is 2.26. The molecule has 0 saturated carbocycles. The molecular weight excluding hydrogens is 374 g/mol. The summed E-state index contributed by atoms with van der Waals surface area (Å²) in [5, 5.41) is 0.331. The van der Waals surface area contributed by atoms with Gasteiger partial charge in [0, 0.05) is 6.20 Å². The summed E-state index contributed by atoms with van der Waals surface area (Å²) in [4.78, 5) is 16.8. The Kier molecular flexibility index (Phi) is 5.75. The minimum Gasteiger partial charge on any atom is -0.591 e. The van der Waals surface area contributed by atoms with Gasteiger partial charge in [-0.1, -0.05) is 16.0 Å². The van der Waals surface area contributed by atoms with Gasteiger partial charge in [-0.3, -0.25) is 0 Å². The third-order valence-electron chi connectivity index (χ3n) is 3.31. The minimum atomic E-state index is -1.38. The second-order valence-electron chi connectivity index (χ2n) is 7.93. The van der Waals surface area contributed by atoms with Gasteiger partial charge < -0.3 is 9.29 Å². The molecule has 1 atom stereocenters. The lowest BCUT2D eigenvalue weighted by molar-refractivity contribution is 0.0544. The number of ether oxygens (including phenoxy) is 1. The molecule has 0 aliphatic rings. The summed E-state index contributed by atoms with van der Waals surface area (Å²) >= 11 is 4.87. The fourth-order valence-electron chi connectivity index (χ4n) is 2.04. The van der Waals surface area contributed by atoms with Gasteiger partial charge in [-0.15, -0.1) is 0 Å². The topological polar surface area (TPSA) is 79.5 Å². The summed E-state index contributed by atoms with van der Waals surface area (Å²) in [5.74, 6) is 0. The van der Waals surface area contributed by atoms with E-state index in [2.05, 4.69) is 9.38 Å². The molecule has 2 heterocycles. The first-order valence-electron chi connectivity index (χ1n) is 8.18. The first-order valence-corrected chi connectivity index (χ1v) is 9.67. The summed E-state index contributed by atoms with van der Waals surface area (Å²) in [6, 6.07) is 3.45. The van der Waals surface area contributed by atoms with Crippen molar-refractivity contribution in [1.82, 2.24) is 9.55 Å². The molecule has 2 rings (SSSR count).